The van der Waals surface area contributed by atoms with Crippen LogP contribution in [0, 0.1) is 0 Å². The maximum absolute atomic E-state index is 5.99. The van der Waals surface area contributed by atoms with Crippen molar-refractivity contribution in [3.63, 3.8) is 0 Å². The maximum atomic E-state index is 5.99. The second kappa shape index (κ2) is 4.10. The fourth-order valence-electron chi connectivity index (χ4n) is 2.81. The molecule has 1 aliphatic rings. The van der Waals surface area contributed by atoms with Crippen LogP contribution in [0.15, 0.2) is 22.7 Å². The lowest BCUT2D eigenvalue weighted by molar-refractivity contribution is 0.621. The Bertz CT molecular complexity index is 561. The molecular formula is C13H16BrN3. The van der Waals surface area contributed by atoms with Gasteiger partial charge in [-0.2, -0.15) is 0 Å². The molecule has 0 bridgehead atoms. The Morgan fingerprint density at radius 2 is 2.24 bits per heavy atom. The van der Waals surface area contributed by atoms with E-state index in [9.17, 15) is 0 Å². The Hall–Kier alpha value is -0.870. The number of fused-ring (bicyclic) bond motifs is 1. The summed E-state index contributed by atoms with van der Waals surface area (Å²) in [4.78, 5) is 4.77. The van der Waals surface area contributed by atoms with Crippen molar-refractivity contribution >= 4 is 27.0 Å². The van der Waals surface area contributed by atoms with Crippen LogP contribution in [-0.4, -0.2) is 15.6 Å². The first-order chi connectivity index (χ1) is 8.15. The standard InChI is InChI=1S/C13H16BrN3/c1-17-12-5-3-9(14)7-11(12)16-13(17)8-2-4-10(15)6-8/h3,5,7-8,10H,2,4,6,15H2,1H3/t8-,10+/m1/s1. The molecule has 2 atom stereocenters. The fourth-order valence-corrected chi connectivity index (χ4v) is 3.16. The van der Waals surface area contributed by atoms with Crippen LogP contribution in [0.2, 0.25) is 0 Å². The van der Waals surface area contributed by atoms with Gasteiger partial charge in [-0.25, -0.2) is 4.98 Å². The molecule has 2 N–H and O–H groups in total. The van der Waals surface area contributed by atoms with Crippen molar-refractivity contribution in [2.75, 3.05) is 0 Å². The van der Waals surface area contributed by atoms with Gasteiger partial charge in [0.1, 0.15) is 5.82 Å². The highest BCUT2D eigenvalue weighted by Gasteiger charge is 2.27. The van der Waals surface area contributed by atoms with Crippen molar-refractivity contribution in [2.45, 2.75) is 31.2 Å². The van der Waals surface area contributed by atoms with E-state index >= 15 is 0 Å². The summed E-state index contributed by atoms with van der Waals surface area (Å²) >= 11 is 3.49. The Balaban J connectivity index is 2.08. The summed E-state index contributed by atoms with van der Waals surface area (Å²) < 4.78 is 3.29. The van der Waals surface area contributed by atoms with Crippen molar-refractivity contribution in [1.29, 1.82) is 0 Å². The summed E-state index contributed by atoms with van der Waals surface area (Å²) in [5, 5.41) is 0. The molecule has 0 amide bonds. The number of nitrogens with zero attached hydrogens (tertiary/aromatic N) is 2. The SMILES string of the molecule is Cn1c([C@@H]2CC[C@H](N)C2)nc2cc(Br)ccc21. The average Bonchev–Trinajstić information content (AvgIpc) is 2.83. The second-order valence-corrected chi connectivity index (χ2v) is 5.85. The molecule has 1 fully saturated rings. The zero-order chi connectivity index (χ0) is 12.0. The molecular weight excluding hydrogens is 278 g/mol. The topological polar surface area (TPSA) is 43.8 Å². The summed E-state index contributed by atoms with van der Waals surface area (Å²) in [5.41, 5.74) is 8.25. The van der Waals surface area contributed by atoms with Gasteiger partial charge in [-0.15, -0.1) is 0 Å². The van der Waals surface area contributed by atoms with Crippen LogP contribution in [0.5, 0.6) is 0 Å². The number of aryl methyl sites for hydroxylation is 1. The summed E-state index contributed by atoms with van der Waals surface area (Å²) in [6, 6.07) is 6.61. The fraction of sp³-hybridized carbons (Fsp3) is 0.462. The lowest BCUT2D eigenvalue weighted by atomic mass is 10.1. The molecule has 3 rings (SSSR count). The molecule has 1 heterocycles. The zero-order valence-electron chi connectivity index (χ0n) is 9.86. The van der Waals surface area contributed by atoms with Gasteiger partial charge in [0.2, 0.25) is 0 Å². The maximum Gasteiger partial charge on any atom is 0.112 e. The van der Waals surface area contributed by atoms with Crippen molar-refractivity contribution in [3.05, 3.63) is 28.5 Å². The molecule has 4 heteroatoms. The molecule has 0 radical (unpaired) electrons. The third-order valence-corrected chi connectivity index (χ3v) is 4.21. The van der Waals surface area contributed by atoms with Crippen LogP contribution >= 0.6 is 15.9 Å². The van der Waals surface area contributed by atoms with E-state index in [2.05, 4.69) is 45.7 Å². The molecule has 0 aliphatic heterocycles. The lowest BCUT2D eigenvalue weighted by Crippen LogP contribution is -2.15. The molecule has 1 aromatic carbocycles. The van der Waals surface area contributed by atoms with Gasteiger partial charge in [0, 0.05) is 23.5 Å². The molecule has 0 unspecified atom stereocenters. The van der Waals surface area contributed by atoms with Gasteiger partial charge in [0.25, 0.3) is 0 Å². The first-order valence-electron chi connectivity index (χ1n) is 6.02. The largest absolute Gasteiger partial charge is 0.331 e. The lowest BCUT2D eigenvalue weighted by Gasteiger charge is -2.09. The van der Waals surface area contributed by atoms with E-state index in [0.717, 1.165) is 22.8 Å². The average molecular weight is 294 g/mol. The molecule has 1 saturated carbocycles. The number of imidazole rings is 1. The van der Waals surface area contributed by atoms with Gasteiger partial charge in [0.15, 0.2) is 0 Å². The van der Waals surface area contributed by atoms with E-state index in [4.69, 9.17) is 10.7 Å². The Kier molecular flexibility index (Phi) is 2.71. The number of nitrogens with two attached hydrogens (primary N) is 1. The van der Waals surface area contributed by atoms with Gasteiger partial charge in [-0.1, -0.05) is 15.9 Å². The number of halogens is 1. The minimum Gasteiger partial charge on any atom is -0.331 e. The van der Waals surface area contributed by atoms with Crippen LogP contribution in [0.1, 0.15) is 31.0 Å². The number of aromatic nitrogens is 2. The van der Waals surface area contributed by atoms with E-state index < -0.39 is 0 Å². The van der Waals surface area contributed by atoms with Gasteiger partial charge >= 0.3 is 0 Å². The van der Waals surface area contributed by atoms with Crippen molar-refractivity contribution in [2.24, 2.45) is 12.8 Å². The zero-order valence-corrected chi connectivity index (χ0v) is 11.4. The molecule has 0 spiro atoms. The summed E-state index contributed by atoms with van der Waals surface area (Å²) in [6.07, 6.45) is 3.36. The van der Waals surface area contributed by atoms with Crippen LogP contribution in [-0.2, 0) is 7.05 Å². The Morgan fingerprint density at radius 3 is 2.94 bits per heavy atom. The monoisotopic (exact) mass is 293 g/mol. The van der Waals surface area contributed by atoms with E-state index in [1.807, 2.05) is 0 Å². The predicted molar refractivity (Wildman–Crippen MR) is 73.0 cm³/mol. The van der Waals surface area contributed by atoms with Crippen LogP contribution < -0.4 is 5.73 Å². The Morgan fingerprint density at radius 1 is 1.41 bits per heavy atom. The molecule has 1 aromatic heterocycles. The van der Waals surface area contributed by atoms with Crippen LogP contribution in [0.4, 0.5) is 0 Å². The first-order valence-corrected chi connectivity index (χ1v) is 6.82. The number of rotatable bonds is 1. The molecule has 90 valence electrons. The highest BCUT2D eigenvalue weighted by atomic mass is 79.9. The van der Waals surface area contributed by atoms with Crippen molar-refractivity contribution in [1.82, 2.24) is 9.55 Å². The molecule has 17 heavy (non-hydrogen) atoms. The highest BCUT2D eigenvalue weighted by Crippen LogP contribution is 2.34. The first kappa shape index (κ1) is 11.2. The number of hydrogen-bond donors (Lipinski definition) is 1. The quantitative estimate of drug-likeness (QED) is 0.879. The number of hydrogen-bond acceptors (Lipinski definition) is 2. The molecule has 2 aromatic rings. The summed E-state index contributed by atoms with van der Waals surface area (Å²) in [7, 11) is 2.10. The number of benzene rings is 1. The predicted octanol–water partition coefficient (Wildman–Crippen LogP) is 2.93. The third kappa shape index (κ3) is 1.89. The normalized spacial score (nSPS) is 24.6. The van der Waals surface area contributed by atoms with Gasteiger partial charge in [-0.3, -0.25) is 0 Å². The summed E-state index contributed by atoms with van der Waals surface area (Å²) in [6.45, 7) is 0. The van der Waals surface area contributed by atoms with Gasteiger partial charge < -0.3 is 10.3 Å². The van der Waals surface area contributed by atoms with Crippen molar-refractivity contribution < 1.29 is 0 Å². The van der Waals surface area contributed by atoms with E-state index in [1.165, 1.54) is 17.8 Å². The minimum absolute atomic E-state index is 0.353. The summed E-state index contributed by atoms with van der Waals surface area (Å²) in [5.74, 6) is 1.72. The molecule has 3 nitrogen and oxygen atoms in total. The van der Waals surface area contributed by atoms with Gasteiger partial charge in [-0.05, 0) is 37.5 Å². The molecule has 0 saturated heterocycles. The van der Waals surface area contributed by atoms with E-state index in [1.54, 1.807) is 0 Å². The highest BCUT2D eigenvalue weighted by molar-refractivity contribution is 9.10. The smallest absolute Gasteiger partial charge is 0.112 e. The van der Waals surface area contributed by atoms with Gasteiger partial charge in [0.05, 0.1) is 11.0 Å². The van der Waals surface area contributed by atoms with Crippen molar-refractivity contribution in [3.8, 4) is 0 Å². The van der Waals surface area contributed by atoms with Crippen LogP contribution in [0.25, 0.3) is 11.0 Å². The van der Waals surface area contributed by atoms with E-state index in [0.29, 0.717) is 12.0 Å². The molecule has 1 aliphatic carbocycles. The Labute approximate surface area is 109 Å². The minimum atomic E-state index is 0.353. The second-order valence-electron chi connectivity index (χ2n) is 4.93. The third-order valence-electron chi connectivity index (χ3n) is 3.72. The van der Waals surface area contributed by atoms with Crippen LogP contribution in [0.3, 0.4) is 0 Å². The van der Waals surface area contributed by atoms with E-state index in [-0.39, 0.29) is 0 Å².